The zero-order valence-corrected chi connectivity index (χ0v) is 16.4. The van der Waals surface area contributed by atoms with E-state index in [1.807, 2.05) is 5.38 Å². The second kappa shape index (κ2) is 8.67. The second-order valence-electron chi connectivity index (χ2n) is 5.92. The summed E-state index contributed by atoms with van der Waals surface area (Å²) in [5, 5.41) is 16.9. The Morgan fingerprint density at radius 3 is 2.68 bits per heavy atom. The number of nitrogens with zero attached hydrogens (tertiary/aromatic N) is 3. The molecule has 144 valence electrons. The molecule has 0 amide bonds. The van der Waals surface area contributed by atoms with Gasteiger partial charge in [-0.3, -0.25) is 4.99 Å². The Kier molecular flexibility index (Phi) is 6.06. The summed E-state index contributed by atoms with van der Waals surface area (Å²) in [5.74, 6) is 0.334. The summed E-state index contributed by atoms with van der Waals surface area (Å²) in [4.78, 5) is 5.16. The van der Waals surface area contributed by atoms with Crippen LogP contribution in [0.1, 0.15) is 12.5 Å². The lowest BCUT2D eigenvalue weighted by Gasteiger charge is -2.09. The first kappa shape index (κ1) is 19.6. The summed E-state index contributed by atoms with van der Waals surface area (Å²) in [6, 6.07) is 11.3. The lowest BCUT2D eigenvalue weighted by atomic mass is 10.1. The van der Waals surface area contributed by atoms with Crippen LogP contribution in [0.3, 0.4) is 0 Å². The van der Waals surface area contributed by atoms with Gasteiger partial charge in [-0.25, -0.2) is 9.07 Å². The van der Waals surface area contributed by atoms with Crippen LogP contribution in [-0.4, -0.2) is 29.1 Å². The molecule has 1 N–H and O–H groups in total. The molecule has 0 saturated carbocycles. The molecule has 0 spiro atoms. The molecular formula is C21H20FN3O2S. The van der Waals surface area contributed by atoms with Crippen molar-refractivity contribution in [2.24, 2.45) is 10.1 Å². The van der Waals surface area contributed by atoms with E-state index in [0.29, 0.717) is 28.4 Å². The number of aromatic nitrogens is 1. The van der Waals surface area contributed by atoms with E-state index < -0.39 is 0 Å². The predicted octanol–water partition coefficient (Wildman–Crippen LogP) is 4.43. The number of halogens is 1. The van der Waals surface area contributed by atoms with Crippen molar-refractivity contribution in [3.05, 3.63) is 76.7 Å². The Bertz CT molecular complexity index is 1080. The van der Waals surface area contributed by atoms with Crippen LogP contribution in [-0.2, 0) is 0 Å². The normalized spacial score (nSPS) is 12.2. The van der Waals surface area contributed by atoms with Crippen molar-refractivity contribution in [1.82, 2.24) is 4.68 Å². The first-order chi connectivity index (χ1) is 13.5. The SMILES string of the molecule is C=CCN=c1scc(-c2ccc(F)cc2)n1N=C(C)c1ccc(OC)cc1O. The second-order valence-corrected chi connectivity index (χ2v) is 6.76. The molecular weight excluding hydrogens is 377 g/mol. The zero-order valence-electron chi connectivity index (χ0n) is 15.6. The van der Waals surface area contributed by atoms with Crippen molar-refractivity contribution in [1.29, 1.82) is 0 Å². The third-order valence-electron chi connectivity index (χ3n) is 4.03. The van der Waals surface area contributed by atoms with Crippen molar-refractivity contribution in [2.75, 3.05) is 13.7 Å². The quantitative estimate of drug-likeness (QED) is 0.494. The lowest BCUT2D eigenvalue weighted by Crippen LogP contribution is -2.14. The minimum atomic E-state index is -0.301. The van der Waals surface area contributed by atoms with Gasteiger partial charge in [-0.05, 0) is 43.3 Å². The van der Waals surface area contributed by atoms with E-state index in [9.17, 15) is 9.50 Å². The van der Waals surface area contributed by atoms with Gasteiger partial charge in [-0.1, -0.05) is 6.08 Å². The molecule has 3 aromatic rings. The Morgan fingerprint density at radius 1 is 1.29 bits per heavy atom. The largest absolute Gasteiger partial charge is 0.507 e. The van der Waals surface area contributed by atoms with E-state index in [2.05, 4.69) is 16.7 Å². The maximum absolute atomic E-state index is 13.3. The number of thiazole rings is 1. The summed E-state index contributed by atoms with van der Waals surface area (Å²) in [5.41, 5.74) is 2.77. The number of ether oxygens (including phenoxy) is 1. The van der Waals surface area contributed by atoms with Crippen molar-refractivity contribution in [3.63, 3.8) is 0 Å². The highest BCUT2D eigenvalue weighted by Gasteiger charge is 2.11. The average Bonchev–Trinajstić information content (AvgIpc) is 3.09. The third kappa shape index (κ3) is 4.20. The summed E-state index contributed by atoms with van der Waals surface area (Å²) in [7, 11) is 1.54. The maximum Gasteiger partial charge on any atom is 0.206 e. The molecule has 0 saturated heterocycles. The minimum Gasteiger partial charge on any atom is -0.507 e. The van der Waals surface area contributed by atoms with Crippen LogP contribution in [0.25, 0.3) is 11.3 Å². The predicted molar refractivity (Wildman–Crippen MR) is 111 cm³/mol. The summed E-state index contributed by atoms with van der Waals surface area (Å²) in [6.07, 6.45) is 1.70. The molecule has 1 heterocycles. The molecule has 0 fully saturated rings. The molecule has 5 nitrogen and oxygen atoms in total. The van der Waals surface area contributed by atoms with Gasteiger partial charge in [-0.15, -0.1) is 17.9 Å². The van der Waals surface area contributed by atoms with Gasteiger partial charge in [0.2, 0.25) is 4.80 Å². The topological polar surface area (TPSA) is 59.1 Å². The lowest BCUT2D eigenvalue weighted by molar-refractivity contribution is 0.407. The number of hydrogen-bond acceptors (Lipinski definition) is 5. The number of methoxy groups -OCH3 is 1. The molecule has 7 heteroatoms. The molecule has 0 aliphatic carbocycles. The number of benzene rings is 2. The molecule has 0 aliphatic rings. The van der Waals surface area contributed by atoms with E-state index >= 15 is 0 Å². The summed E-state index contributed by atoms with van der Waals surface area (Å²) in [6.45, 7) is 5.95. The molecule has 2 aromatic carbocycles. The minimum absolute atomic E-state index is 0.0735. The molecule has 28 heavy (non-hydrogen) atoms. The molecule has 3 rings (SSSR count). The van der Waals surface area contributed by atoms with Gasteiger partial charge in [0.25, 0.3) is 0 Å². The van der Waals surface area contributed by atoms with Crippen LogP contribution in [0.2, 0.25) is 0 Å². The van der Waals surface area contributed by atoms with Crippen molar-refractivity contribution in [3.8, 4) is 22.8 Å². The fourth-order valence-electron chi connectivity index (χ4n) is 2.61. The van der Waals surface area contributed by atoms with Gasteiger partial charge in [0.1, 0.15) is 17.3 Å². The summed E-state index contributed by atoms with van der Waals surface area (Å²) < 4.78 is 20.1. The monoisotopic (exact) mass is 397 g/mol. The number of rotatable bonds is 6. The van der Waals surface area contributed by atoms with Crippen LogP contribution in [0, 0.1) is 5.82 Å². The third-order valence-corrected chi connectivity index (χ3v) is 4.88. The van der Waals surface area contributed by atoms with Gasteiger partial charge >= 0.3 is 0 Å². The number of hydrogen-bond donors (Lipinski definition) is 1. The van der Waals surface area contributed by atoms with E-state index in [0.717, 1.165) is 11.3 Å². The first-order valence-corrected chi connectivity index (χ1v) is 9.42. The van der Waals surface area contributed by atoms with Gasteiger partial charge < -0.3 is 9.84 Å². The summed E-state index contributed by atoms with van der Waals surface area (Å²) >= 11 is 1.43. The van der Waals surface area contributed by atoms with E-state index in [-0.39, 0.29) is 11.6 Å². The van der Waals surface area contributed by atoms with Crippen molar-refractivity contribution >= 4 is 17.0 Å². The van der Waals surface area contributed by atoms with Crippen LogP contribution >= 0.6 is 11.3 Å². The van der Waals surface area contributed by atoms with Crippen LogP contribution in [0.5, 0.6) is 11.5 Å². The molecule has 0 bridgehead atoms. The fourth-order valence-corrected chi connectivity index (χ4v) is 3.46. The van der Waals surface area contributed by atoms with Crippen LogP contribution in [0.4, 0.5) is 4.39 Å². The average molecular weight is 397 g/mol. The van der Waals surface area contributed by atoms with E-state index in [1.165, 1.54) is 29.5 Å². The molecule has 0 unspecified atom stereocenters. The highest BCUT2D eigenvalue weighted by Crippen LogP contribution is 2.25. The Hall–Kier alpha value is -3.19. The highest BCUT2D eigenvalue weighted by molar-refractivity contribution is 7.07. The Labute approximate surface area is 166 Å². The maximum atomic E-state index is 13.3. The first-order valence-electron chi connectivity index (χ1n) is 8.54. The zero-order chi connectivity index (χ0) is 20.1. The number of phenolic OH excluding ortho intramolecular Hbond substituents is 1. The fraction of sp³-hybridized carbons (Fsp3) is 0.143. The standard InChI is InChI=1S/C21H20FN3O2S/c1-4-11-23-21-25(19(13-28-21)15-5-7-16(22)8-6-15)24-14(2)18-10-9-17(27-3)12-20(18)26/h4-10,12-13,26H,1,11H2,2-3H3. The van der Waals surface area contributed by atoms with Crippen LogP contribution < -0.4 is 9.54 Å². The van der Waals surface area contributed by atoms with Crippen molar-refractivity contribution in [2.45, 2.75) is 6.92 Å². The molecule has 0 aliphatic heterocycles. The van der Waals surface area contributed by atoms with Gasteiger partial charge in [-0.2, -0.15) is 5.10 Å². The van der Waals surface area contributed by atoms with E-state index in [4.69, 9.17) is 4.74 Å². The van der Waals surface area contributed by atoms with Crippen LogP contribution in [0.15, 0.2) is 70.6 Å². The number of phenols is 1. The van der Waals surface area contributed by atoms with E-state index in [1.54, 1.807) is 49.1 Å². The number of aromatic hydroxyl groups is 1. The molecule has 1 aromatic heterocycles. The molecule has 0 radical (unpaired) electrons. The Morgan fingerprint density at radius 2 is 2.04 bits per heavy atom. The Balaban J connectivity index is 2.13. The van der Waals surface area contributed by atoms with Gasteiger partial charge in [0.15, 0.2) is 0 Å². The molecule has 0 atom stereocenters. The smallest absolute Gasteiger partial charge is 0.206 e. The van der Waals surface area contributed by atoms with Gasteiger partial charge in [0.05, 0.1) is 25.1 Å². The highest BCUT2D eigenvalue weighted by atomic mass is 32.1. The van der Waals surface area contributed by atoms with Gasteiger partial charge in [0, 0.05) is 22.6 Å². The van der Waals surface area contributed by atoms with Crippen molar-refractivity contribution < 1.29 is 14.2 Å².